The lowest BCUT2D eigenvalue weighted by atomic mass is 10.1. The van der Waals surface area contributed by atoms with Crippen molar-refractivity contribution < 1.29 is 14.3 Å². The number of ether oxygens (including phenoxy) is 2. The number of benzene rings is 2. The molecule has 0 bridgehead atoms. The van der Waals surface area contributed by atoms with Crippen molar-refractivity contribution in [1.29, 1.82) is 0 Å². The average molecular weight is 488 g/mol. The van der Waals surface area contributed by atoms with Crippen LogP contribution in [0.5, 0.6) is 11.5 Å². The molecule has 184 valence electrons. The van der Waals surface area contributed by atoms with Gasteiger partial charge in [0.15, 0.2) is 16.9 Å². The van der Waals surface area contributed by atoms with E-state index in [-0.39, 0.29) is 16.9 Å². The Labute approximate surface area is 205 Å². The number of fused-ring (bicyclic) bond motifs is 3. The summed E-state index contributed by atoms with van der Waals surface area (Å²) in [5.41, 5.74) is 1.47. The Morgan fingerprint density at radius 1 is 1.03 bits per heavy atom. The molecule has 10 nitrogen and oxygen atoms in total. The number of carbonyl (C=O) groups is 1. The van der Waals surface area contributed by atoms with Gasteiger partial charge in [0.05, 0.1) is 31.6 Å². The summed E-state index contributed by atoms with van der Waals surface area (Å²) in [6, 6.07) is 14.1. The molecule has 10 heteroatoms. The first-order valence-corrected chi connectivity index (χ1v) is 11.3. The number of imidazole rings is 2. The van der Waals surface area contributed by atoms with Crippen LogP contribution in [-0.4, -0.2) is 43.1 Å². The van der Waals surface area contributed by atoms with Crippen LogP contribution >= 0.6 is 0 Å². The standard InChI is InChI=1S/C26H25N5O5/c1-15(16(2)32)30-24(33)22-23(28(3)26(30)34)27-25-29(22)14-20(17-9-7-6-8-10-17)31(25)19-13-18(35-4)11-12-21(19)36-5/h6-15H,1-5H3/t15-/m0/s1. The number of aromatic nitrogens is 5. The lowest BCUT2D eigenvalue weighted by Gasteiger charge is -2.14. The van der Waals surface area contributed by atoms with Gasteiger partial charge in [0.2, 0.25) is 5.78 Å². The highest BCUT2D eigenvalue weighted by molar-refractivity contribution is 5.82. The molecular weight excluding hydrogens is 462 g/mol. The van der Waals surface area contributed by atoms with Gasteiger partial charge in [-0.3, -0.25) is 23.1 Å². The van der Waals surface area contributed by atoms with E-state index in [1.54, 1.807) is 36.9 Å². The first-order chi connectivity index (χ1) is 17.3. The van der Waals surface area contributed by atoms with Crippen molar-refractivity contribution in [2.75, 3.05) is 14.2 Å². The molecule has 3 aromatic heterocycles. The molecule has 3 heterocycles. The van der Waals surface area contributed by atoms with Crippen molar-refractivity contribution in [1.82, 2.24) is 23.1 Å². The normalized spacial score (nSPS) is 12.2. The molecule has 1 atom stereocenters. The van der Waals surface area contributed by atoms with E-state index >= 15 is 0 Å². The summed E-state index contributed by atoms with van der Waals surface area (Å²) in [6.07, 6.45) is 1.80. The van der Waals surface area contributed by atoms with Gasteiger partial charge in [-0.1, -0.05) is 30.3 Å². The van der Waals surface area contributed by atoms with E-state index in [0.29, 0.717) is 23.0 Å². The van der Waals surface area contributed by atoms with Crippen LogP contribution in [0, 0.1) is 0 Å². The van der Waals surface area contributed by atoms with Gasteiger partial charge < -0.3 is 9.47 Å². The molecule has 0 spiro atoms. The molecule has 5 aromatic rings. The minimum absolute atomic E-state index is 0.193. The van der Waals surface area contributed by atoms with Crippen LogP contribution in [0.3, 0.4) is 0 Å². The van der Waals surface area contributed by atoms with Crippen molar-refractivity contribution in [3.8, 4) is 28.4 Å². The van der Waals surface area contributed by atoms with E-state index < -0.39 is 17.3 Å². The van der Waals surface area contributed by atoms with Crippen molar-refractivity contribution >= 4 is 22.7 Å². The second-order valence-electron chi connectivity index (χ2n) is 8.51. The van der Waals surface area contributed by atoms with Gasteiger partial charge in [-0.15, -0.1) is 0 Å². The molecule has 0 radical (unpaired) electrons. The average Bonchev–Trinajstić information content (AvgIpc) is 3.44. The first kappa shape index (κ1) is 23.2. The summed E-state index contributed by atoms with van der Waals surface area (Å²) in [5, 5.41) is 0. The monoisotopic (exact) mass is 487 g/mol. The maximum Gasteiger partial charge on any atom is 0.333 e. The van der Waals surface area contributed by atoms with Crippen LogP contribution < -0.4 is 20.7 Å². The highest BCUT2D eigenvalue weighted by atomic mass is 16.5. The Morgan fingerprint density at radius 2 is 1.75 bits per heavy atom. The maximum atomic E-state index is 13.6. The summed E-state index contributed by atoms with van der Waals surface area (Å²) < 4.78 is 16.9. The molecule has 0 amide bonds. The largest absolute Gasteiger partial charge is 0.497 e. The van der Waals surface area contributed by atoms with Gasteiger partial charge in [0, 0.05) is 24.9 Å². The number of carbonyl (C=O) groups excluding carboxylic acids is 1. The molecule has 0 aliphatic carbocycles. The molecule has 0 aliphatic rings. The van der Waals surface area contributed by atoms with Crippen LogP contribution in [0.15, 0.2) is 64.3 Å². The van der Waals surface area contributed by atoms with Crippen molar-refractivity contribution in [3.05, 3.63) is 75.6 Å². The number of hydrogen-bond acceptors (Lipinski definition) is 6. The third-order valence-corrected chi connectivity index (χ3v) is 6.47. The number of Topliss-reactive ketones (excluding diaryl/α,β-unsaturated/α-hetero) is 1. The molecule has 5 rings (SSSR count). The SMILES string of the molecule is COc1ccc(OC)c(-n2c(-c3ccccc3)cn3c4c(=O)n([C@@H](C)C(C)=O)c(=O)n(C)c4nc23)c1. The lowest BCUT2D eigenvalue weighted by Crippen LogP contribution is -2.42. The van der Waals surface area contributed by atoms with Crippen molar-refractivity contribution in [2.24, 2.45) is 7.05 Å². The third-order valence-electron chi connectivity index (χ3n) is 6.47. The summed E-state index contributed by atoms with van der Waals surface area (Å²) in [5.74, 6) is 1.28. The zero-order chi connectivity index (χ0) is 25.7. The molecule has 2 aromatic carbocycles. The van der Waals surface area contributed by atoms with Crippen LogP contribution in [0.2, 0.25) is 0 Å². The zero-order valence-electron chi connectivity index (χ0n) is 20.6. The predicted octanol–water partition coefficient (Wildman–Crippen LogP) is 2.97. The summed E-state index contributed by atoms with van der Waals surface area (Å²) in [4.78, 5) is 43.5. The van der Waals surface area contributed by atoms with E-state index in [4.69, 9.17) is 14.5 Å². The minimum atomic E-state index is -0.916. The predicted molar refractivity (Wildman–Crippen MR) is 135 cm³/mol. The van der Waals surface area contributed by atoms with Gasteiger partial charge in [0.1, 0.15) is 11.5 Å². The van der Waals surface area contributed by atoms with E-state index in [1.807, 2.05) is 41.0 Å². The van der Waals surface area contributed by atoms with Gasteiger partial charge in [-0.2, -0.15) is 4.98 Å². The number of rotatable bonds is 6. The second kappa shape index (κ2) is 8.56. The van der Waals surface area contributed by atoms with Gasteiger partial charge in [0.25, 0.3) is 5.56 Å². The number of nitrogens with zero attached hydrogens (tertiary/aromatic N) is 5. The van der Waals surface area contributed by atoms with E-state index in [9.17, 15) is 14.4 Å². The number of ketones is 1. The molecular formula is C26H25N5O5. The number of aryl methyl sites for hydroxylation is 1. The molecule has 0 aliphatic heterocycles. The fourth-order valence-corrected chi connectivity index (χ4v) is 4.41. The van der Waals surface area contributed by atoms with E-state index in [1.165, 1.54) is 25.5 Å². The highest BCUT2D eigenvalue weighted by Gasteiger charge is 2.26. The van der Waals surface area contributed by atoms with Crippen LogP contribution in [0.4, 0.5) is 0 Å². The minimum Gasteiger partial charge on any atom is -0.497 e. The highest BCUT2D eigenvalue weighted by Crippen LogP contribution is 2.35. The Morgan fingerprint density at radius 3 is 2.39 bits per heavy atom. The number of methoxy groups -OCH3 is 2. The Balaban J connectivity index is 1.97. The van der Waals surface area contributed by atoms with Crippen molar-refractivity contribution in [3.63, 3.8) is 0 Å². The molecule has 0 unspecified atom stereocenters. The summed E-state index contributed by atoms with van der Waals surface area (Å²) in [7, 11) is 4.68. The van der Waals surface area contributed by atoms with Crippen LogP contribution in [0.1, 0.15) is 19.9 Å². The van der Waals surface area contributed by atoms with Gasteiger partial charge in [-0.25, -0.2) is 9.36 Å². The Bertz CT molecular complexity index is 1760. The molecule has 0 N–H and O–H groups in total. The smallest absolute Gasteiger partial charge is 0.333 e. The van der Waals surface area contributed by atoms with E-state index in [2.05, 4.69) is 0 Å². The van der Waals surface area contributed by atoms with Crippen LogP contribution in [-0.2, 0) is 11.8 Å². The molecule has 0 fully saturated rings. The zero-order valence-corrected chi connectivity index (χ0v) is 20.6. The first-order valence-electron chi connectivity index (χ1n) is 11.3. The topological polar surface area (TPSA) is 102 Å². The fourth-order valence-electron chi connectivity index (χ4n) is 4.41. The quantitative estimate of drug-likeness (QED) is 0.365. The van der Waals surface area contributed by atoms with Gasteiger partial charge in [-0.05, 0) is 26.0 Å². The van der Waals surface area contributed by atoms with Crippen molar-refractivity contribution in [2.45, 2.75) is 19.9 Å². The fraction of sp³-hybridized carbons (Fsp3) is 0.231. The molecule has 36 heavy (non-hydrogen) atoms. The third kappa shape index (κ3) is 3.33. The molecule has 0 saturated carbocycles. The number of hydrogen-bond donors (Lipinski definition) is 0. The Kier molecular flexibility index (Phi) is 5.51. The van der Waals surface area contributed by atoms with Gasteiger partial charge >= 0.3 is 5.69 Å². The second-order valence-corrected chi connectivity index (χ2v) is 8.51. The summed E-state index contributed by atoms with van der Waals surface area (Å²) >= 11 is 0. The van der Waals surface area contributed by atoms with E-state index in [0.717, 1.165) is 15.8 Å². The lowest BCUT2D eigenvalue weighted by molar-refractivity contribution is -0.119. The maximum absolute atomic E-state index is 13.6. The van der Waals surface area contributed by atoms with Crippen LogP contribution in [0.25, 0.3) is 33.9 Å². The summed E-state index contributed by atoms with van der Waals surface area (Å²) in [6.45, 7) is 2.89. The molecule has 0 saturated heterocycles. The Hall–Kier alpha value is -4.60.